The van der Waals surface area contributed by atoms with Crippen LogP contribution >= 0.6 is 0 Å². The molecule has 1 atom stereocenters. The van der Waals surface area contributed by atoms with Gasteiger partial charge in [0.2, 0.25) is 8.32 Å². The fourth-order valence-corrected chi connectivity index (χ4v) is 5.67. The van der Waals surface area contributed by atoms with Gasteiger partial charge in [-0.05, 0) is 61.5 Å². The Labute approximate surface area is 178 Å². The number of fused-ring (bicyclic) bond motifs is 2. The van der Waals surface area contributed by atoms with Gasteiger partial charge in [-0.15, -0.1) is 0 Å². The fourth-order valence-electron chi connectivity index (χ4n) is 4.65. The second kappa shape index (κ2) is 6.81. The summed E-state index contributed by atoms with van der Waals surface area (Å²) in [6, 6.07) is 6.45. The Morgan fingerprint density at radius 2 is 1.59 bits per heavy atom. The Kier molecular flexibility index (Phi) is 5.35. The van der Waals surface area contributed by atoms with Crippen LogP contribution in [0.4, 0.5) is 0 Å². The van der Waals surface area contributed by atoms with Crippen LogP contribution < -0.4 is 4.43 Å². The lowest BCUT2D eigenvalue weighted by atomic mass is 9.67. The van der Waals surface area contributed by atoms with Crippen LogP contribution in [0.3, 0.4) is 0 Å². The summed E-state index contributed by atoms with van der Waals surface area (Å²) in [5.41, 5.74) is 1.42. The lowest BCUT2D eigenvalue weighted by Crippen LogP contribution is -2.73. The molecule has 0 aromatic heterocycles. The van der Waals surface area contributed by atoms with E-state index in [1.54, 1.807) is 0 Å². The van der Waals surface area contributed by atoms with E-state index in [2.05, 4.69) is 93.6 Å². The molecule has 1 aromatic rings. The molecule has 0 radical (unpaired) electrons. The molecule has 2 heterocycles. The zero-order chi connectivity index (χ0) is 22.0. The Balaban J connectivity index is 2.14. The van der Waals surface area contributed by atoms with Gasteiger partial charge in [0.25, 0.3) is 5.79 Å². The van der Waals surface area contributed by atoms with Crippen molar-refractivity contribution in [3.63, 3.8) is 0 Å². The topological polar surface area (TPSA) is 36.9 Å². The van der Waals surface area contributed by atoms with E-state index in [4.69, 9.17) is 18.9 Å². The smallest absolute Gasteiger partial charge is 0.261 e. The van der Waals surface area contributed by atoms with E-state index in [0.717, 1.165) is 17.7 Å². The first-order valence-electron chi connectivity index (χ1n) is 11.0. The quantitative estimate of drug-likeness (QED) is 0.407. The highest BCUT2D eigenvalue weighted by atomic mass is 28.4. The molecule has 3 rings (SSSR count). The van der Waals surface area contributed by atoms with Crippen LogP contribution in [0, 0.1) is 11.8 Å². The van der Waals surface area contributed by atoms with Crippen molar-refractivity contribution in [1.82, 2.24) is 0 Å². The van der Waals surface area contributed by atoms with E-state index >= 15 is 0 Å². The highest BCUT2D eigenvalue weighted by molar-refractivity contribution is 6.74. The molecular weight excluding hydrogens is 380 g/mol. The highest BCUT2D eigenvalue weighted by Gasteiger charge is 2.72. The molecule has 1 saturated heterocycles. The summed E-state index contributed by atoms with van der Waals surface area (Å²) >= 11 is 0. The number of ether oxygens (including phenoxy) is 1. The SMILES string of the molecule is CC(C)C1(C(C)C)OOC12OC(C)(C)Cc1ccc(O[Si](C)(C)C(C)(C)C)cc12. The molecule has 0 amide bonds. The van der Waals surface area contributed by atoms with Gasteiger partial charge < -0.3 is 9.16 Å². The van der Waals surface area contributed by atoms with Crippen LogP contribution in [-0.2, 0) is 26.7 Å². The van der Waals surface area contributed by atoms with Crippen molar-refractivity contribution < 1.29 is 18.9 Å². The molecule has 0 N–H and O–H groups in total. The minimum atomic E-state index is -1.95. The molecule has 2 aliphatic rings. The van der Waals surface area contributed by atoms with Gasteiger partial charge in [-0.25, -0.2) is 4.89 Å². The molecule has 1 spiro atoms. The van der Waals surface area contributed by atoms with Crippen LogP contribution in [-0.4, -0.2) is 19.5 Å². The zero-order valence-corrected chi connectivity index (χ0v) is 21.2. The summed E-state index contributed by atoms with van der Waals surface area (Å²) < 4.78 is 13.3. The van der Waals surface area contributed by atoms with E-state index in [0.29, 0.717) is 0 Å². The van der Waals surface area contributed by atoms with Crippen molar-refractivity contribution in [1.29, 1.82) is 0 Å². The molecule has 0 saturated carbocycles. The second-order valence-corrected chi connectivity index (χ2v) is 16.3. The molecule has 2 aliphatic heterocycles. The van der Waals surface area contributed by atoms with Gasteiger partial charge in [0.1, 0.15) is 5.75 Å². The average molecular weight is 421 g/mol. The van der Waals surface area contributed by atoms with Crippen molar-refractivity contribution >= 4 is 8.32 Å². The predicted molar refractivity (Wildman–Crippen MR) is 119 cm³/mol. The number of rotatable bonds is 4. The molecule has 0 bridgehead atoms. The van der Waals surface area contributed by atoms with Gasteiger partial charge in [0.15, 0.2) is 5.60 Å². The Hall–Kier alpha value is -0.883. The van der Waals surface area contributed by atoms with Gasteiger partial charge in [-0.3, -0.25) is 0 Å². The first-order valence-corrected chi connectivity index (χ1v) is 13.9. The third-order valence-electron chi connectivity index (χ3n) is 7.18. The number of hydrogen-bond acceptors (Lipinski definition) is 4. The number of benzene rings is 1. The van der Waals surface area contributed by atoms with E-state index in [-0.39, 0.29) is 22.5 Å². The van der Waals surface area contributed by atoms with Crippen molar-refractivity contribution in [3.8, 4) is 5.75 Å². The summed E-state index contributed by atoms with van der Waals surface area (Å²) in [7, 11) is -1.95. The minimum Gasteiger partial charge on any atom is -0.543 e. The van der Waals surface area contributed by atoms with Gasteiger partial charge in [0, 0.05) is 12.0 Å². The molecule has 0 aliphatic carbocycles. The average Bonchev–Trinajstić information content (AvgIpc) is 2.51. The normalized spacial score (nSPS) is 25.8. The third-order valence-corrected chi connectivity index (χ3v) is 11.5. The van der Waals surface area contributed by atoms with Crippen molar-refractivity contribution in [2.75, 3.05) is 0 Å². The van der Waals surface area contributed by atoms with Crippen LogP contribution in [0.1, 0.15) is 73.4 Å². The molecule has 1 fully saturated rings. The second-order valence-electron chi connectivity index (χ2n) is 11.6. The molecule has 1 unspecified atom stereocenters. The Morgan fingerprint density at radius 3 is 2.03 bits per heavy atom. The van der Waals surface area contributed by atoms with E-state index < -0.39 is 19.7 Å². The Bertz CT molecular complexity index is 768. The van der Waals surface area contributed by atoms with E-state index in [9.17, 15) is 0 Å². The van der Waals surface area contributed by atoms with Crippen LogP contribution in [0.15, 0.2) is 18.2 Å². The summed E-state index contributed by atoms with van der Waals surface area (Å²) in [5.74, 6) is 0.431. The first-order chi connectivity index (χ1) is 13.1. The molecule has 1 aromatic carbocycles. The van der Waals surface area contributed by atoms with Gasteiger partial charge in [0.05, 0.1) is 5.60 Å². The van der Waals surface area contributed by atoms with Crippen molar-refractivity contribution in [2.45, 2.75) is 104 Å². The standard InChI is InChI=1S/C24H40O4Si/c1-16(2)23(17(3)4)24(28-27-23)20-14-19(25-29(10,11)21(5,6)7)13-12-18(20)15-22(8,9)26-24/h12-14,16-17H,15H2,1-11H3. The number of hydrogen-bond donors (Lipinski definition) is 0. The van der Waals surface area contributed by atoms with Gasteiger partial charge >= 0.3 is 0 Å². The maximum Gasteiger partial charge on any atom is 0.261 e. The van der Waals surface area contributed by atoms with E-state index in [1.807, 2.05) is 0 Å². The maximum absolute atomic E-state index is 6.72. The minimum absolute atomic E-state index is 0.134. The zero-order valence-electron chi connectivity index (χ0n) is 20.2. The highest BCUT2D eigenvalue weighted by Crippen LogP contribution is 2.61. The lowest BCUT2D eigenvalue weighted by Gasteiger charge is -2.63. The van der Waals surface area contributed by atoms with Crippen LogP contribution in [0.5, 0.6) is 5.75 Å². The van der Waals surface area contributed by atoms with Gasteiger partial charge in [-0.1, -0.05) is 54.5 Å². The Morgan fingerprint density at radius 1 is 1.00 bits per heavy atom. The monoisotopic (exact) mass is 420 g/mol. The summed E-state index contributed by atoms with van der Waals surface area (Å²) in [5, 5.41) is 0.134. The van der Waals surface area contributed by atoms with Crippen molar-refractivity contribution in [3.05, 3.63) is 29.3 Å². The maximum atomic E-state index is 6.72. The van der Waals surface area contributed by atoms with Crippen LogP contribution in [0.25, 0.3) is 0 Å². The van der Waals surface area contributed by atoms with Crippen LogP contribution in [0.2, 0.25) is 18.1 Å². The summed E-state index contributed by atoms with van der Waals surface area (Å²) in [4.78, 5) is 11.9. The van der Waals surface area contributed by atoms with Crippen molar-refractivity contribution in [2.24, 2.45) is 11.8 Å². The summed E-state index contributed by atoms with van der Waals surface area (Å²) in [6.45, 7) is 24.3. The molecule has 5 heteroatoms. The molecule has 4 nitrogen and oxygen atoms in total. The fraction of sp³-hybridized carbons (Fsp3) is 0.750. The van der Waals surface area contributed by atoms with Gasteiger partial charge in [-0.2, -0.15) is 4.89 Å². The molecule has 164 valence electrons. The predicted octanol–water partition coefficient (Wildman–Crippen LogP) is 6.59. The molecular formula is C24H40O4Si. The third kappa shape index (κ3) is 3.38. The molecule has 29 heavy (non-hydrogen) atoms. The van der Waals surface area contributed by atoms with E-state index in [1.165, 1.54) is 5.56 Å². The largest absolute Gasteiger partial charge is 0.543 e. The first kappa shape index (κ1) is 22.8. The summed E-state index contributed by atoms with van der Waals surface area (Å²) in [6.07, 6.45) is 0.833. The lowest BCUT2D eigenvalue weighted by molar-refractivity contribution is -0.647.